The number of aryl methyl sites for hydroxylation is 1. The van der Waals surface area contributed by atoms with Gasteiger partial charge in [-0.05, 0) is 18.3 Å². The van der Waals surface area contributed by atoms with Gasteiger partial charge in [-0.25, -0.2) is 0 Å². The summed E-state index contributed by atoms with van der Waals surface area (Å²) in [5, 5.41) is 14.0. The van der Waals surface area contributed by atoms with Crippen LogP contribution in [-0.2, 0) is 7.05 Å². The third-order valence-electron chi connectivity index (χ3n) is 2.54. The molecule has 4 nitrogen and oxygen atoms in total. The smallest absolute Gasteiger partial charge is 0.127 e. The second-order valence-corrected chi connectivity index (χ2v) is 5.22. The van der Waals surface area contributed by atoms with E-state index in [-0.39, 0.29) is 5.41 Å². The zero-order valence-electron chi connectivity index (χ0n) is 9.99. The number of aliphatic hydroxyl groups is 1. The summed E-state index contributed by atoms with van der Waals surface area (Å²) in [6.45, 7) is 6.48. The molecule has 1 unspecified atom stereocenters. The molecular formula is C11H21N3O. The summed E-state index contributed by atoms with van der Waals surface area (Å²) in [6.07, 6.45) is 2.82. The van der Waals surface area contributed by atoms with Crippen LogP contribution in [-0.4, -0.2) is 14.9 Å². The van der Waals surface area contributed by atoms with Crippen molar-refractivity contribution in [2.24, 2.45) is 12.5 Å². The molecule has 0 saturated heterocycles. The molecule has 86 valence electrons. The highest BCUT2D eigenvalue weighted by molar-refractivity contribution is 5.39. The van der Waals surface area contributed by atoms with Gasteiger partial charge in [0.1, 0.15) is 5.82 Å². The van der Waals surface area contributed by atoms with E-state index in [9.17, 15) is 5.11 Å². The topological polar surface area (TPSA) is 64.1 Å². The van der Waals surface area contributed by atoms with Gasteiger partial charge in [0.25, 0.3) is 0 Å². The van der Waals surface area contributed by atoms with Gasteiger partial charge in [0.2, 0.25) is 0 Å². The van der Waals surface area contributed by atoms with Gasteiger partial charge in [-0.2, -0.15) is 5.10 Å². The molecule has 1 aromatic rings. The Morgan fingerprint density at radius 2 is 2.13 bits per heavy atom. The summed E-state index contributed by atoms with van der Waals surface area (Å²) in [4.78, 5) is 0. The van der Waals surface area contributed by atoms with Gasteiger partial charge in [0, 0.05) is 12.6 Å². The lowest BCUT2D eigenvalue weighted by Gasteiger charge is -2.20. The van der Waals surface area contributed by atoms with Gasteiger partial charge in [-0.15, -0.1) is 0 Å². The molecule has 1 heterocycles. The normalized spacial score (nSPS) is 14.2. The number of nitrogen functional groups attached to an aromatic ring is 1. The predicted molar refractivity (Wildman–Crippen MR) is 61.3 cm³/mol. The monoisotopic (exact) mass is 211 g/mol. The molecule has 0 bridgehead atoms. The van der Waals surface area contributed by atoms with E-state index in [1.807, 2.05) is 0 Å². The predicted octanol–water partition coefficient (Wildman–Crippen LogP) is 1.86. The molecule has 4 heteroatoms. The molecule has 1 rings (SSSR count). The Balaban J connectivity index is 2.62. The van der Waals surface area contributed by atoms with E-state index in [1.165, 1.54) is 0 Å². The standard InChI is InChI=1S/C11H21N3O/c1-11(2,3)6-5-9(15)8-7-13-14(4)10(8)12/h7,9,15H,5-6,12H2,1-4H3. The SMILES string of the molecule is Cn1ncc(C(O)CCC(C)(C)C)c1N. The lowest BCUT2D eigenvalue weighted by atomic mass is 9.88. The number of anilines is 1. The summed E-state index contributed by atoms with van der Waals surface area (Å²) in [6, 6.07) is 0. The van der Waals surface area contributed by atoms with Crippen LogP contribution < -0.4 is 5.73 Å². The van der Waals surface area contributed by atoms with Crippen LogP contribution in [0.5, 0.6) is 0 Å². The number of nitrogens with zero attached hydrogens (tertiary/aromatic N) is 2. The molecule has 1 atom stereocenters. The van der Waals surface area contributed by atoms with Crippen molar-refractivity contribution in [1.82, 2.24) is 9.78 Å². The van der Waals surface area contributed by atoms with Crippen LogP contribution in [0.25, 0.3) is 0 Å². The van der Waals surface area contributed by atoms with Crippen molar-refractivity contribution in [3.63, 3.8) is 0 Å². The summed E-state index contributed by atoms with van der Waals surface area (Å²) in [7, 11) is 1.77. The highest BCUT2D eigenvalue weighted by Crippen LogP contribution is 2.29. The zero-order valence-corrected chi connectivity index (χ0v) is 9.99. The first kappa shape index (κ1) is 12.0. The van der Waals surface area contributed by atoms with E-state index in [2.05, 4.69) is 25.9 Å². The van der Waals surface area contributed by atoms with Crippen molar-refractivity contribution in [1.29, 1.82) is 0 Å². The summed E-state index contributed by atoms with van der Waals surface area (Å²) >= 11 is 0. The van der Waals surface area contributed by atoms with E-state index >= 15 is 0 Å². The van der Waals surface area contributed by atoms with Gasteiger partial charge < -0.3 is 10.8 Å². The quantitative estimate of drug-likeness (QED) is 0.802. The van der Waals surface area contributed by atoms with E-state index in [4.69, 9.17) is 5.73 Å². The van der Waals surface area contributed by atoms with Crippen molar-refractivity contribution in [2.45, 2.75) is 39.7 Å². The molecule has 0 aliphatic heterocycles. The average Bonchev–Trinajstić information content (AvgIpc) is 2.43. The van der Waals surface area contributed by atoms with E-state index in [1.54, 1.807) is 17.9 Å². The maximum Gasteiger partial charge on any atom is 0.127 e. The molecule has 0 aromatic carbocycles. The molecule has 0 spiro atoms. The van der Waals surface area contributed by atoms with E-state index < -0.39 is 6.10 Å². The highest BCUT2D eigenvalue weighted by Gasteiger charge is 2.18. The van der Waals surface area contributed by atoms with Crippen LogP contribution in [0.15, 0.2) is 6.20 Å². The van der Waals surface area contributed by atoms with Crippen LogP contribution in [0.3, 0.4) is 0 Å². The second-order valence-electron chi connectivity index (χ2n) is 5.22. The molecule has 0 aliphatic rings. The minimum absolute atomic E-state index is 0.234. The Morgan fingerprint density at radius 1 is 1.53 bits per heavy atom. The largest absolute Gasteiger partial charge is 0.388 e. The van der Waals surface area contributed by atoms with Gasteiger partial charge in [-0.1, -0.05) is 20.8 Å². The van der Waals surface area contributed by atoms with Crippen molar-refractivity contribution in [3.05, 3.63) is 11.8 Å². The van der Waals surface area contributed by atoms with Crippen molar-refractivity contribution in [2.75, 3.05) is 5.73 Å². The lowest BCUT2D eigenvalue weighted by molar-refractivity contribution is 0.148. The fourth-order valence-corrected chi connectivity index (χ4v) is 1.45. The van der Waals surface area contributed by atoms with E-state index in [0.29, 0.717) is 5.82 Å². The fraction of sp³-hybridized carbons (Fsp3) is 0.727. The third-order valence-corrected chi connectivity index (χ3v) is 2.54. The number of nitrogens with two attached hydrogens (primary N) is 1. The Bertz CT molecular complexity index is 325. The number of aliphatic hydroxyl groups excluding tert-OH is 1. The molecule has 15 heavy (non-hydrogen) atoms. The Labute approximate surface area is 91.1 Å². The molecule has 0 aliphatic carbocycles. The maximum atomic E-state index is 9.94. The fourth-order valence-electron chi connectivity index (χ4n) is 1.45. The summed E-state index contributed by atoms with van der Waals surface area (Å²) in [5.74, 6) is 0.552. The van der Waals surface area contributed by atoms with Crippen molar-refractivity contribution >= 4 is 5.82 Å². The molecule has 0 amide bonds. The first-order chi connectivity index (χ1) is 6.81. The Kier molecular flexibility index (Phi) is 3.39. The van der Waals surface area contributed by atoms with Gasteiger partial charge >= 0.3 is 0 Å². The zero-order chi connectivity index (χ0) is 11.6. The number of rotatable bonds is 3. The summed E-state index contributed by atoms with van der Waals surface area (Å²) in [5.41, 5.74) is 6.76. The van der Waals surface area contributed by atoms with Crippen molar-refractivity contribution < 1.29 is 5.11 Å². The number of aromatic nitrogens is 2. The van der Waals surface area contributed by atoms with Crippen LogP contribution in [0, 0.1) is 5.41 Å². The Hall–Kier alpha value is -1.03. The molecule has 3 N–H and O–H groups in total. The molecule has 1 aromatic heterocycles. The van der Waals surface area contributed by atoms with Gasteiger partial charge in [-0.3, -0.25) is 4.68 Å². The van der Waals surface area contributed by atoms with Gasteiger partial charge in [0.15, 0.2) is 0 Å². The Morgan fingerprint density at radius 3 is 2.53 bits per heavy atom. The van der Waals surface area contributed by atoms with Crippen LogP contribution in [0.2, 0.25) is 0 Å². The third kappa shape index (κ3) is 3.23. The average molecular weight is 211 g/mol. The molecule has 0 radical (unpaired) electrons. The number of hydrogen-bond acceptors (Lipinski definition) is 3. The number of hydrogen-bond donors (Lipinski definition) is 2. The maximum absolute atomic E-state index is 9.94. The summed E-state index contributed by atoms with van der Waals surface area (Å²) < 4.78 is 1.58. The van der Waals surface area contributed by atoms with Crippen LogP contribution in [0.1, 0.15) is 45.3 Å². The molecular weight excluding hydrogens is 190 g/mol. The lowest BCUT2D eigenvalue weighted by Crippen LogP contribution is -2.09. The minimum atomic E-state index is -0.502. The van der Waals surface area contributed by atoms with E-state index in [0.717, 1.165) is 18.4 Å². The van der Waals surface area contributed by atoms with Crippen molar-refractivity contribution in [3.8, 4) is 0 Å². The first-order valence-corrected chi connectivity index (χ1v) is 5.27. The second kappa shape index (κ2) is 4.23. The highest BCUT2D eigenvalue weighted by atomic mass is 16.3. The minimum Gasteiger partial charge on any atom is -0.388 e. The molecule has 0 fully saturated rings. The first-order valence-electron chi connectivity index (χ1n) is 5.27. The van der Waals surface area contributed by atoms with Crippen LogP contribution in [0.4, 0.5) is 5.82 Å². The molecule has 0 saturated carbocycles. The van der Waals surface area contributed by atoms with Crippen LogP contribution >= 0.6 is 0 Å². The van der Waals surface area contributed by atoms with Gasteiger partial charge in [0.05, 0.1) is 12.3 Å².